The fourth-order valence-electron chi connectivity index (χ4n) is 4.36. The first-order chi connectivity index (χ1) is 14.2. The molecule has 3 aromatic heterocycles. The summed E-state index contributed by atoms with van der Waals surface area (Å²) in [5, 5.41) is 4.40. The van der Waals surface area contributed by atoms with Gasteiger partial charge in [0.1, 0.15) is 23.2 Å². The van der Waals surface area contributed by atoms with Gasteiger partial charge in [0.15, 0.2) is 11.5 Å². The number of rotatable bonds is 5. The van der Waals surface area contributed by atoms with Crippen LogP contribution in [0.25, 0.3) is 11.2 Å². The van der Waals surface area contributed by atoms with Crippen molar-refractivity contribution < 1.29 is 18.3 Å². The highest BCUT2D eigenvalue weighted by Crippen LogP contribution is 2.52. The van der Waals surface area contributed by atoms with Gasteiger partial charge in [-0.2, -0.15) is 5.10 Å². The molecule has 2 aliphatic heterocycles. The van der Waals surface area contributed by atoms with Gasteiger partial charge in [0.25, 0.3) is 5.88 Å². The van der Waals surface area contributed by atoms with Gasteiger partial charge in [0.05, 0.1) is 38.4 Å². The van der Waals surface area contributed by atoms with Crippen LogP contribution < -0.4 is 9.64 Å². The van der Waals surface area contributed by atoms with Gasteiger partial charge < -0.3 is 14.4 Å². The molecular formula is C19H18F2N6O2. The number of pyridine rings is 1. The highest BCUT2D eigenvalue weighted by atomic mass is 19.1. The third-order valence-corrected chi connectivity index (χ3v) is 6.14. The van der Waals surface area contributed by atoms with Crippen LogP contribution in [0.5, 0.6) is 5.88 Å². The van der Waals surface area contributed by atoms with Gasteiger partial charge >= 0.3 is 0 Å². The van der Waals surface area contributed by atoms with Gasteiger partial charge in [-0.15, -0.1) is 0 Å². The van der Waals surface area contributed by atoms with Gasteiger partial charge in [-0.05, 0) is 11.8 Å². The molecule has 3 fully saturated rings. The van der Waals surface area contributed by atoms with E-state index in [0.717, 1.165) is 42.3 Å². The van der Waals surface area contributed by atoms with Gasteiger partial charge in [-0.1, -0.05) is 0 Å². The van der Waals surface area contributed by atoms with Crippen LogP contribution in [-0.4, -0.2) is 57.6 Å². The zero-order valence-electron chi connectivity index (χ0n) is 15.4. The third-order valence-electron chi connectivity index (χ3n) is 6.14. The van der Waals surface area contributed by atoms with Crippen molar-refractivity contribution in [1.29, 1.82) is 0 Å². The maximum atomic E-state index is 13.6. The lowest BCUT2D eigenvalue weighted by molar-refractivity contribution is -0.0269. The quantitative estimate of drug-likeness (QED) is 0.647. The Hall–Kier alpha value is -2.88. The van der Waals surface area contributed by atoms with Crippen molar-refractivity contribution in [3.8, 4) is 5.88 Å². The van der Waals surface area contributed by atoms with Crippen molar-refractivity contribution in [2.45, 2.75) is 6.04 Å². The minimum Gasteiger partial charge on any atom is -0.475 e. The van der Waals surface area contributed by atoms with E-state index in [-0.39, 0.29) is 11.9 Å². The van der Waals surface area contributed by atoms with Crippen molar-refractivity contribution in [3.05, 3.63) is 36.3 Å². The summed E-state index contributed by atoms with van der Waals surface area (Å²) in [5.74, 6) is 0.525. The highest BCUT2D eigenvalue weighted by Gasteiger charge is 2.56. The highest BCUT2D eigenvalue weighted by molar-refractivity contribution is 5.71. The molecule has 5 heterocycles. The predicted molar refractivity (Wildman–Crippen MR) is 97.5 cm³/mol. The van der Waals surface area contributed by atoms with Crippen molar-refractivity contribution >= 4 is 17.0 Å². The third kappa shape index (κ3) is 2.81. The fourth-order valence-corrected chi connectivity index (χ4v) is 4.36. The summed E-state index contributed by atoms with van der Waals surface area (Å²) in [5.41, 5.74) is 1.57. The van der Waals surface area contributed by atoms with E-state index < -0.39 is 11.6 Å². The second-order valence-electron chi connectivity index (χ2n) is 7.87. The maximum Gasteiger partial charge on any atom is 0.250 e. The molecule has 1 aliphatic carbocycles. The van der Waals surface area contributed by atoms with E-state index in [0.29, 0.717) is 37.6 Å². The molecule has 0 amide bonds. The molecule has 6 rings (SSSR count). The number of hydrogen-bond donors (Lipinski definition) is 0. The summed E-state index contributed by atoms with van der Waals surface area (Å²) < 4.78 is 39.2. The monoisotopic (exact) mass is 400 g/mol. The van der Waals surface area contributed by atoms with E-state index in [1.165, 1.54) is 0 Å². The van der Waals surface area contributed by atoms with E-state index in [1.54, 1.807) is 12.4 Å². The van der Waals surface area contributed by atoms with Crippen LogP contribution >= 0.6 is 0 Å². The number of nitrogens with zero attached hydrogens (tertiary/aromatic N) is 6. The Balaban J connectivity index is 1.11. The molecule has 1 saturated carbocycles. The Bertz CT molecular complexity index is 1080. The minimum absolute atomic E-state index is 0.141. The average Bonchev–Trinajstić information content (AvgIpc) is 3.02. The van der Waals surface area contributed by atoms with Crippen LogP contribution in [0.15, 0.2) is 24.7 Å². The van der Waals surface area contributed by atoms with Crippen LogP contribution in [0.4, 0.5) is 14.6 Å². The van der Waals surface area contributed by atoms with Crippen LogP contribution in [-0.2, 0) is 4.74 Å². The molecule has 2 saturated heterocycles. The lowest BCUT2D eigenvalue weighted by Crippen LogP contribution is -2.31. The number of hydrogen-bond acceptors (Lipinski definition) is 7. The Morgan fingerprint density at radius 2 is 1.93 bits per heavy atom. The number of anilines is 1. The van der Waals surface area contributed by atoms with Gasteiger partial charge in [0, 0.05) is 25.1 Å². The summed E-state index contributed by atoms with van der Waals surface area (Å²) in [6, 6.07) is 1.01. The van der Waals surface area contributed by atoms with Crippen LogP contribution in [0.2, 0.25) is 0 Å². The molecule has 3 atom stereocenters. The molecule has 0 spiro atoms. The standard InChI is InChI=1S/C19H18F2N6O2/c20-10-1-15(21)19(23-2-10)29-9-14-12-5-26(6-13(12)14)17-4-22-16-3-24-27(18(16)25-17)11-7-28-8-11/h1-4,11-14H,5-9H2/t12-,13+,14-. The SMILES string of the molecule is Fc1cnc(OC[C@H]2[C@H]3CN(c4cnc5cnn(C6COC6)c5n4)C[C@@H]23)c(F)c1. The number of piperidine rings is 1. The predicted octanol–water partition coefficient (Wildman–Crippen LogP) is 1.83. The Morgan fingerprint density at radius 3 is 2.66 bits per heavy atom. The zero-order valence-corrected chi connectivity index (χ0v) is 15.4. The second-order valence-corrected chi connectivity index (χ2v) is 7.87. The number of fused-ring (bicyclic) bond motifs is 2. The van der Waals surface area contributed by atoms with Gasteiger partial charge in [0.2, 0.25) is 0 Å². The maximum absolute atomic E-state index is 13.6. The number of ether oxygens (including phenoxy) is 2. The van der Waals surface area contributed by atoms with E-state index in [1.807, 2.05) is 4.68 Å². The molecular weight excluding hydrogens is 382 g/mol. The minimum atomic E-state index is -0.769. The summed E-state index contributed by atoms with van der Waals surface area (Å²) in [4.78, 5) is 15.2. The van der Waals surface area contributed by atoms with Crippen LogP contribution in [0, 0.1) is 29.4 Å². The van der Waals surface area contributed by atoms with Gasteiger partial charge in [-0.25, -0.2) is 28.4 Å². The average molecular weight is 400 g/mol. The van der Waals surface area contributed by atoms with Crippen molar-refractivity contribution in [2.24, 2.45) is 17.8 Å². The Kier molecular flexibility index (Phi) is 3.70. The van der Waals surface area contributed by atoms with Crippen molar-refractivity contribution in [3.63, 3.8) is 0 Å². The van der Waals surface area contributed by atoms with E-state index in [4.69, 9.17) is 14.5 Å². The largest absolute Gasteiger partial charge is 0.475 e. The molecule has 3 aliphatic rings. The lowest BCUT2D eigenvalue weighted by atomic mass is 10.2. The number of halogens is 2. The zero-order chi connectivity index (χ0) is 19.5. The molecule has 0 bridgehead atoms. The Morgan fingerprint density at radius 1 is 1.10 bits per heavy atom. The second kappa shape index (κ2) is 6.31. The molecule has 29 heavy (non-hydrogen) atoms. The summed E-state index contributed by atoms with van der Waals surface area (Å²) in [6.07, 6.45) is 4.49. The summed E-state index contributed by atoms with van der Waals surface area (Å²) >= 11 is 0. The van der Waals surface area contributed by atoms with Gasteiger partial charge in [-0.3, -0.25) is 0 Å². The normalized spacial score (nSPS) is 25.9. The molecule has 0 N–H and O–H groups in total. The molecule has 3 aromatic rings. The van der Waals surface area contributed by atoms with Crippen LogP contribution in [0.1, 0.15) is 6.04 Å². The summed E-state index contributed by atoms with van der Waals surface area (Å²) in [6.45, 7) is 3.42. The molecule has 150 valence electrons. The molecule has 0 aromatic carbocycles. The van der Waals surface area contributed by atoms with E-state index in [2.05, 4.69) is 20.0 Å². The molecule has 0 radical (unpaired) electrons. The van der Waals surface area contributed by atoms with E-state index in [9.17, 15) is 8.78 Å². The first-order valence-electron chi connectivity index (χ1n) is 9.64. The molecule has 10 heteroatoms. The Labute approximate surface area is 164 Å². The smallest absolute Gasteiger partial charge is 0.250 e. The van der Waals surface area contributed by atoms with Crippen molar-refractivity contribution in [1.82, 2.24) is 24.7 Å². The first kappa shape index (κ1) is 17.0. The summed E-state index contributed by atoms with van der Waals surface area (Å²) in [7, 11) is 0. The first-order valence-corrected chi connectivity index (χ1v) is 9.64. The lowest BCUT2D eigenvalue weighted by Gasteiger charge is -2.26. The molecule has 8 nitrogen and oxygen atoms in total. The number of aromatic nitrogens is 5. The van der Waals surface area contributed by atoms with Crippen molar-refractivity contribution in [2.75, 3.05) is 37.8 Å². The van der Waals surface area contributed by atoms with Crippen LogP contribution in [0.3, 0.4) is 0 Å². The molecule has 0 unspecified atom stereocenters. The fraction of sp³-hybridized carbons (Fsp3) is 0.474. The topological polar surface area (TPSA) is 78.2 Å². The van der Waals surface area contributed by atoms with E-state index >= 15 is 0 Å².